The summed E-state index contributed by atoms with van der Waals surface area (Å²) in [5, 5.41) is 14.2. The van der Waals surface area contributed by atoms with E-state index in [9.17, 15) is 18.0 Å². The number of nitrogens with two attached hydrogens (primary N) is 1. The highest BCUT2D eigenvalue weighted by Crippen LogP contribution is 2.47. The quantitative estimate of drug-likeness (QED) is 0.725. The molecule has 0 saturated heterocycles. The zero-order chi connectivity index (χ0) is 12.8. The zero-order valence-electron chi connectivity index (χ0n) is 8.58. The molecule has 0 aromatic carbocycles. The standard InChI is InChI=1S/C9H10F3N3O2/c10-9(11,12)6-5(3-14-15-6)8(7(16)17)1-4(13)2-8/h3-4H,1-2,13H2,(H,14,15)(H,16,17). The van der Waals surface area contributed by atoms with E-state index in [1.54, 1.807) is 0 Å². The number of nitrogens with one attached hydrogen (secondary N) is 1. The molecule has 1 saturated carbocycles. The number of aromatic nitrogens is 2. The summed E-state index contributed by atoms with van der Waals surface area (Å²) in [5.41, 5.74) is 2.48. The van der Waals surface area contributed by atoms with E-state index in [0.717, 1.165) is 6.20 Å². The Labute approximate surface area is 93.8 Å². The van der Waals surface area contributed by atoms with Gasteiger partial charge in [-0.3, -0.25) is 9.89 Å². The fourth-order valence-electron chi connectivity index (χ4n) is 2.21. The highest BCUT2D eigenvalue weighted by atomic mass is 19.4. The van der Waals surface area contributed by atoms with Gasteiger partial charge >= 0.3 is 12.1 Å². The Balaban J connectivity index is 2.46. The van der Waals surface area contributed by atoms with Gasteiger partial charge in [0.2, 0.25) is 0 Å². The first-order valence-electron chi connectivity index (χ1n) is 4.87. The predicted octanol–water partition coefficient (Wildman–Crippen LogP) is 0.872. The number of nitrogens with zero attached hydrogens (tertiary/aromatic N) is 1. The Morgan fingerprint density at radius 2 is 2.18 bits per heavy atom. The van der Waals surface area contributed by atoms with Crippen molar-refractivity contribution in [2.45, 2.75) is 30.5 Å². The first kappa shape index (κ1) is 11.9. The topological polar surface area (TPSA) is 92.0 Å². The Hall–Kier alpha value is -1.57. The molecule has 0 radical (unpaired) electrons. The molecule has 1 aliphatic rings. The van der Waals surface area contributed by atoms with Crippen molar-refractivity contribution >= 4 is 5.97 Å². The summed E-state index contributed by atoms with van der Waals surface area (Å²) in [7, 11) is 0. The van der Waals surface area contributed by atoms with Crippen LogP contribution in [0.5, 0.6) is 0 Å². The maximum atomic E-state index is 12.6. The van der Waals surface area contributed by atoms with Crippen LogP contribution in [0.3, 0.4) is 0 Å². The second kappa shape index (κ2) is 3.46. The van der Waals surface area contributed by atoms with Crippen LogP contribution in [0.25, 0.3) is 0 Å². The molecule has 1 aromatic rings. The summed E-state index contributed by atoms with van der Waals surface area (Å²) in [4.78, 5) is 11.2. The van der Waals surface area contributed by atoms with E-state index < -0.39 is 23.3 Å². The molecule has 0 unspecified atom stereocenters. The molecule has 1 aromatic heterocycles. The van der Waals surface area contributed by atoms with Crippen LogP contribution in [0.15, 0.2) is 6.20 Å². The number of aliphatic carboxylic acids is 1. The molecule has 8 heteroatoms. The average Bonchev–Trinajstić information content (AvgIpc) is 2.59. The molecule has 0 aliphatic heterocycles. The van der Waals surface area contributed by atoms with Crippen molar-refractivity contribution in [1.82, 2.24) is 10.2 Å². The maximum Gasteiger partial charge on any atom is 0.433 e. The molecule has 1 aliphatic carbocycles. The summed E-state index contributed by atoms with van der Waals surface area (Å²) in [6.07, 6.45) is -3.74. The molecule has 94 valence electrons. The second-order valence-corrected chi connectivity index (χ2v) is 4.21. The highest BCUT2D eigenvalue weighted by Gasteiger charge is 2.55. The van der Waals surface area contributed by atoms with Gasteiger partial charge in [0.25, 0.3) is 0 Å². The van der Waals surface area contributed by atoms with Crippen molar-refractivity contribution in [2.24, 2.45) is 5.73 Å². The Bertz CT molecular complexity index is 449. The average molecular weight is 249 g/mol. The van der Waals surface area contributed by atoms with Gasteiger partial charge in [-0.1, -0.05) is 0 Å². The first-order chi connectivity index (χ1) is 7.77. The Morgan fingerprint density at radius 1 is 1.59 bits per heavy atom. The molecule has 1 heterocycles. The smallest absolute Gasteiger partial charge is 0.433 e. The fraction of sp³-hybridized carbons (Fsp3) is 0.556. The van der Waals surface area contributed by atoms with Gasteiger partial charge in [-0.2, -0.15) is 18.3 Å². The van der Waals surface area contributed by atoms with Crippen molar-refractivity contribution in [3.63, 3.8) is 0 Å². The minimum atomic E-state index is -4.64. The van der Waals surface area contributed by atoms with Gasteiger partial charge in [-0.25, -0.2) is 0 Å². The van der Waals surface area contributed by atoms with Crippen LogP contribution in [0.4, 0.5) is 13.2 Å². The van der Waals surface area contributed by atoms with Crippen molar-refractivity contribution in [3.05, 3.63) is 17.5 Å². The Kier molecular flexibility index (Phi) is 2.42. The summed E-state index contributed by atoms with van der Waals surface area (Å²) in [5.74, 6) is -1.30. The van der Waals surface area contributed by atoms with E-state index in [4.69, 9.17) is 10.8 Å². The largest absolute Gasteiger partial charge is 0.481 e. The SMILES string of the molecule is NC1CC(C(=O)O)(c2cn[nH]c2C(F)(F)F)C1. The molecule has 0 spiro atoms. The molecule has 5 nitrogen and oxygen atoms in total. The predicted molar refractivity (Wildman–Crippen MR) is 50.1 cm³/mol. The molecule has 0 amide bonds. The van der Waals surface area contributed by atoms with Crippen LogP contribution in [0.1, 0.15) is 24.1 Å². The van der Waals surface area contributed by atoms with E-state index in [-0.39, 0.29) is 24.4 Å². The number of rotatable bonds is 2. The van der Waals surface area contributed by atoms with Gasteiger partial charge in [0.1, 0.15) is 5.69 Å². The van der Waals surface area contributed by atoms with Crippen LogP contribution in [-0.2, 0) is 16.4 Å². The van der Waals surface area contributed by atoms with Gasteiger partial charge in [0.15, 0.2) is 0 Å². The van der Waals surface area contributed by atoms with Crippen LogP contribution < -0.4 is 5.73 Å². The van der Waals surface area contributed by atoms with E-state index in [1.165, 1.54) is 0 Å². The second-order valence-electron chi connectivity index (χ2n) is 4.21. The summed E-state index contributed by atoms with van der Waals surface area (Å²) in [6.45, 7) is 0. The molecule has 4 N–H and O–H groups in total. The van der Waals surface area contributed by atoms with E-state index in [1.807, 2.05) is 5.10 Å². The first-order valence-corrected chi connectivity index (χ1v) is 4.87. The van der Waals surface area contributed by atoms with Crippen LogP contribution in [-0.4, -0.2) is 27.3 Å². The fourth-order valence-corrected chi connectivity index (χ4v) is 2.21. The number of halogens is 3. The van der Waals surface area contributed by atoms with Gasteiger partial charge in [0.05, 0.1) is 11.6 Å². The Morgan fingerprint density at radius 3 is 2.59 bits per heavy atom. The lowest BCUT2D eigenvalue weighted by Gasteiger charge is -2.42. The molecule has 2 rings (SSSR count). The third-order valence-corrected chi connectivity index (χ3v) is 3.07. The lowest BCUT2D eigenvalue weighted by Crippen LogP contribution is -2.54. The number of hydrogen-bond donors (Lipinski definition) is 3. The van der Waals surface area contributed by atoms with E-state index in [2.05, 4.69) is 5.10 Å². The van der Waals surface area contributed by atoms with Crippen molar-refractivity contribution < 1.29 is 23.1 Å². The monoisotopic (exact) mass is 249 g/mol. The van der Waals surface area contributed by atoms with E-state index >= 15 is 0 Å². The molecular weight excluding hydrogens is 239 g/mol. The lowest BCUT2D eigenvalue weighted by molar-refractivity contribution is -0.151. The number of carboxylic acid groups (broad SMARTS) is 1. The maximum absolute atomic E-state index is 12.6. The summed E-state index contributed by atoms with van der Waals surface area (Å²) >= 11 is 0. The van der Waals surface area contributed by atoms with E-state index in [0.29, 0.717) is 0 Å². The van der Waals surface area contributed by atoms with Crippen molar-refractivity contribution in [2.75, 3.05) is 0 Å². The van der Waals surface area contributed by atoms with Crippen LogP contribution >= 0.6 is 0 Å². The number of carbonyl (C=O) groups is 1. The molecular formula is C9H10F3N3O2. The number of alkyl halides is 3. The van der Waals surface area contributed by atoms with Gasteiger partial charge in [0, 0.05) is 11.6 Å². The van der Waals surface area contributed by atoms with Gasteiger partial charge < -0.3 is 10.8 Å². The lowest BCUT2D eigenvalue weighted by atomic mass is 9.62. The van der Waals surface area contributed by atoms with Crippen molar-refractivity contribution in [1.29, 1.82) is 0 Å². The molecule has 0 atom stereocenters. The zero-order valence-corrected chi connectivity index (χ0v) is 8.58. The number of carboxylic acids is 1. The van der Waals surface area contributed by atoms with Crippen molar-refractivity contribution in [3.8, 4) is 0 Å². The van der Waals surface area contributed by atoms with Gasteiger partial charge in [-0.05, 0) is 12.8 Å². The third-order valence-electron chi connectivity index (χ3n) is 3.07. The number of hydrogen-bond acceptors (Lipinski definition) is 3. The highest BCUT2D eigenvalue weighted by molar-refractivity contribution is 5.83. The number of aromatic amines is 1. The van der Waals surface area contributed by atoms with Crippen LogP contribution in [0, 0.1) is 0 Å². The third kappa shape index (κ3) is 1.68. The normalized spacial score (nSPS) is 28.8. The molecule has 17 heavy (non-hydrogen) atoms. The minimum absolute atomic E-state index is 0.00898. The summed E-state index contributed by atoms with van der Waals surface area (Å²) < 4.78 is 37.9. The van der Waals surface area contributed by atoms with Gasteiger partial charge in [-0.15, -0.1) is 0 Å². The van der Waals surface area contributed by atoms with Crippen LogP contribution in [0.2, 0.25) is 0 Å². The molecule has 0 bridgehead atoms. The minimum Gasteiger partial charge on any atom is -0.481 e. The summed E-state index contributed by atoms with van der Waals surface area (Å²) in [6, 6.07) is -0.387. The molecule has 1 fully saturated rings. The number of H-pyrrole nitrogens is 1.